The lowest BCUT2D eigenvalue weighted by Gasteiger charge is -2.15. The first-order chi connectivity index (χ1) is 15.6. The van der Waals surface area contributed by atoms with E-state index in [9.17, 15) is 14.7 Å². The molecule has 6 nitrogen and oxygen atoms in total. The Labute approximate surface area is 188 Å². The summed E-state index contributed by atoms with van der Waals surface area (Å²) in [4.78, 5) is 26.1. The Bertz CT molecular complexity index is 1100. The molecule has 170 valence electrons. The van der Waals surface area contributed by atoms with Crippen LogP contribution in [-0.4, -0.2) is 22.2 Å². The molecule has 2 aromatic carbocycles. The van der Waals surface area contributed by atoms with Gasteiger partial charge < -0.3 is 19.7 Å². The second-order valence-corrected chi connectivity index (χ2v) is 7.94. The van der Waals surface area contributed by atoms with E-state index < -0.39 is 11.5 Å². The molecule has 3 rings (SSSR count). The van der Waals surface area contributed by atoms with Crippen molar-refractivity contribution >= 4 is 22.5 Å². The summed E-state index contributed by atoms with van der Waals surface area (Å²) in [6, 6.07) is 14.1. The molecule has 0 saturated heterocycles. The van der Waals surface area contributed by atoms with Crippen molar-refractivity contribution in [3.8, 4) is 11.5 Å². The molecule has 32 heavy (non-hydrogen) atoms. The predicted octanol–water partition coefficient (Wildman–Crippen LogP) is 5.72. The fraction of sp³-hybridized carbons (Fsp3) is 0.385. The van der Waals surface area contributed by atoms with Crippen molar-refractivity contribution in [2.75, 3.05) is 11.9 Å². The van der Waals surface area contributed by atoms with Gasteiger partial charge in [0.25, 0.3) is 11.5 Å². The van der Waals surface area contributed by atoms with Crippen LogP contribution in [0.3, 0.4) is 0 Å². The van der Waals surface area contributed by atoms with Gasteiger partial charge in [0.05, 0.1) is 12.1 Å². The number of carbonyl (C=O) groups excluding carboxylic acids is 1. The first-order valence-corrected chi connectivity index (χ1v) is 11.5. The first kappa shape index (κ1) is 23.4. The van der Waals surface area contributed by atoms with Gasteiger partial charge in [0.1, 0.15) is 17.1 Å². The summed E-state index contributed by atoms with van der Waals surface area (Å²) in [5.41, 5.74) is 0.427. The molecule has 1 aromatic heterocycles. The van der Waals surface area contributed by atoms with E-state index in [2.05, 4.69) is 12.2 Å². The van der Waals surface area contributed by atoms with Crippen LogP contribution in [0.2, 0.25) is 0 Å². The zero-order chi connectivity index (χ0) is 22.9. The number of aromatic nitrogens is 1. The highest BCUT2D eigenvalue weighted by Crippen LogP contribution is 2.27. The van der Waals surface area contributed by atoms with Crippen LogP contribution in [0.5, 0.6) is 11.5 Å². The number of para-hydroxylation sites is 1. The van der Waals surface area contributed by atoms with Gasteiger partial charge in [-0.15, -0.1) is 0 Å². The summed E-state index contributed by atoms with van der Waals surface area (Å²) in [5.74, 6) is -0.186. The molecule has 3 aromatic rings. The van der Waals surface area contributed by atoms with Gasteiger partial charge in [0, 0.05) is 17.6 Å². The van der Waals surface area contributed by atoms with Gasteiger partial charge in [-0.1, -0.05) is 51.7 Å². The Kier molecular flexibility index (Phi) is 8.31. The maximum Gasteiger partial charge on any atom is 0.267 e. The SMILES string of the molecule is CCCCCCOc1ccc(NC(=O)c2c(O)c3ccccc3n(CCCC)c2=O)cc1. The Morgan fingerprint density at radius 2 is 1.69 bits per heavy atom. The molecule has 0 aliphatic heterocycles. The van der Waals surface area contributed by atoms with Gasteiger partial charge >= 0.3 is 0 Å². The van der Waals surface area contributed by atoms with Crippen LogP contribution >= 0.6 is 0 Å². The molecule has 1 amide bonds. The number of amides is 1. The van der Waals surface area contributed by atoms with Crippen LogP contribution in [0.25, 0.3) is 10.9 Å². The minimum atomic E-state index is -0.628. The van der Waals surface area contributed by atoms with Crippen molar-refractivity contribution in [3.05, 3.63) is 64.4 Å². The summed E-state index contributed by atoms with van der Waals surface area (Å²) < 4.78 is 7.30. The number of hydrogen-bond acceptors (Lipinski definition) is 4. The van der Waals surface area contributed by atoms with E-state index in [0.29, 0.717) is 29.7 Å². The van der Waals surface area contributed by atoms with Crippen LogP contribution in [0, 0.1) is 0 Å². The van der Waals surface area contributed by atoms with E-state index in [1.165, 1.54) is 12.8 Å². The van der Waals surface area contributed by atoms with Crippen LogP contribution < -0.4 is 15.6 Å². The second kappa shape index (κ2) is 11.4. The molecule has 0 aliphatic carbocycles. The summed E-state index contributed by atoms with van der Waals surface area (Å²) in [6.45, 7) is 5.36. The fourth-order valence-electron chi connectivity index (χ4n) is 3.68. The zero-order valence-corrected chi connectivity index (χ0v) is 18.9. The molecule has 0 fully saturated rings. The maximum atomic E-state index is 13.1. The number of pyridine rings is 1. The van der Waals surface area contributed by atoms with E-state index >= 15 is 0 Å². The monoisotopic (exact) mass is 436 g/mol. The molecule has 0 aliphatic rings. The van der Waals surface area contributed by atoms with Crippen molar-refractivity contribution in [1.29, 1.82) is 0 Å². The molecular weight excluding hydrogens is 404 g/mol. The molecule has 0 saturated carbocycles. The van der Waals surface area contributed by atoms with Gasteiger partial charge in [-0.25, -0.2) is 0 Å². The largest absolute Gasteiger partial charge is 0.506 e. The van der Waals surface area contributed by atoms with Crippen molar-refractivity contribution < 1.29 is 14.6 Å². The van der Waals surface area contributed by atoms with Crippen LogP contribution in [0.4, 0.5) is 5.69 Å². The van der Waals surface area contributed by atoms with Crippen LogP contribution in [0.15, 0.2) is 53.3 Å². The molecule has 0 spiro atoms. The minimum absolute atomic E-state index is 0.240. The minimum Gasteiger partial charge on any atom is -0.506 e. The molecular formula is C26H32N2O4. The number of nitrogens with one attached hydrogen (secondary N) is 1. The molecule has 1 heterocycles. The Morgan fingerprint density at radius 3 is 2.41 bits per heavy atom. The summed E-state index contributed by atoms with van der Waals surface area (Å²) in [7, 11) is 0. The number of fused-ring (bicyclic) bond motifs is 1. The van der Waals surface area contributed by atoms with Gasteiger partial charge in [-0.05, 0) is 49.2 Å². The van der Waals surface area contributed by atoms with Crippen molar-refractivity contribution in [2.45, 2.75) is 58.9 Å². The van der Waals surface area contributed by atoms with Crippen molar-refractivity contribution in [1.82, 2.24) is 4.57 Å². The maximum absolute atomic E-state index is 13.1. The first-order valence-electron chi connectivity index (χ1n) is 11.5. The van der Waals surface area contributed by atoms with Crippen LogP contribution in [-0.2, 0) is 6.54 Å². The van der Waals surface area contributed by atoms with Crippen LogP contribution in [0.1, 0.15) is 62.7 Å². The number of hydrogen-bond donors (Lipinski definition) is 2. The Balaban J connectivity index is 1.79. The zero-order valence-electron chi connectivity index (χ0n) is 18.9. The van der Waals surface area contributed by atoms with E-state index in [1.807, 2.05) is 13.0 Å². The Hall–Kier alpha value is -3.28. The lowest BCUT2D eigenvalue weighted by molar-refractivity contribution is 0.102. The van der Waals surface area contributed by atoms with E-state index in [1.54, 1.807) is 47.0 Å². The van der Waals surface area contributed by atoms with Gasteiger partial charge in [-0.3, -0.25) is 9.59 Å². The van der Waals surface area contributed by atoms with E-state index in [-0.39, 0.29) is 11.3 Å². The van der Waals surface area contributed by atoms with Gasteiger partial charge in [-0.2, -0.15) is 0 Å². The number of benzene rings is 2. The third-order valence-electron chi connectivity index (χ3n) is 5.49. The number of nitrogens with zero attached hydrogens (tertiary/aromatic N) is 1. The third-order valence-corrected chi connectivity index (χ3v) is 5.49. The number of aromatic hydroxyl groups is 1. The highest BCUT2D eigenvalue weighted by Gasteiger charge is 2.22. The lowest BCUT2D eigenvalue weighted by Crippen LogP contribution is -2.30. The normalized spacial score (nSPS) is 10.9. The second-order valence-electron chi connectivity index (χ2n) is 7.94. The summed E-state index contributed by atoms with van der Waals surface area (Å²) in [5, 5.41) is 14.0. The average molecular weight is 437 g/mol. The number of carbonyl (C=O) groups is 1. The lowest BCUT2D eigenvalue weighted by atomic mass is 10.1. The number of rotatable bonds is 11. The van der Waals surface area contributed by atoms with E-state index in [4.69, 9.17) is 4.74 Å². The molecule has 0 bridgehead atoms. The number of anilines is 1. The number of aryl methyl sites for hydroxylation is 1. The molecule has 0 radical (unpaired) electrons. The highest BCUT2D eigenvalue weighted by atomic mass is 16.5. The van der Waals surface area contributed by atoms with Gasteiger partial charge in [0.15, 0.2) is 0 Å². The number of unbranched alkanes of at least 4 members (excludes halogenated alkanes) is 4. The molecule has 6 heteroatoms. The van der Waals surface area contributed by atoms with Gasteiger partial charge in [0.2, 0.25) is 0 Å². The van der Waals surface area contributed by atoms with E-state index in [0.717, 1.165) is 31.4 Å². The summed E-state index contributed by atoms with van der Waals surface area (Å²) >= 11 is 0. The highest BCUT2D eigenvalue weighted by molar-refractivity contribution is 6.09. The smallest absolute Gasteiger partial charge is 0.267 e. The Morgan fingerprint density at radius 1 is 0.969 bits per heavy atom. The van der Waals surface area contributed by atoms with Crippen molar-refractivity contribution in [3.63, 3.8) is 0 Å². The average Bonchev–Trinajstić information content (AvgIpc) is 2.80. The topological polar surface area (TPSA) is 80.6 Å². The molecule has 2 N–H and O–H groups in total. The third kappa shape index (κ3) is 5.49. The summed E-state index contributed by atoms with van der Waals surface area (Å²) in [6.07, 6.45) is 6.26. The number of ether oxygens (including phenoxy) is 1. The predicted molar refractivity (Wildman–Crippen MR) is 129 cm³/mol. The molecule has 0 atom stereocenters. The fourth-order valence-corrected chi connectivity index (χ4v) is 3.68. The standard InChI is InChI=1S/C26H32N2O4/c1-3-5-7-10-18-32-20-15-13-19(14-16-20)27-25(30)23-24(29)21-11-8-9-12-22(21)28(26(23)31)17-6-4-2/h8-9,11-16,29H,3-7,10,17-18H2,1-2H3,(H,27,30). The quantitative estimate of drug-likeness (QED) is 0.377. The van der Waals surface area contributed by atoms with Crippen molar-refractivity contribution in [2.24, 2.45) is 0 Å². The molecule has 0 unspecified atom stereocenters.